The number of carbonyl (C=O) groups excluding carboxylic acids is 2. The summed E-state index contributed by atoms with van der Waals surface area (Å²) in [5.41, 5.74) is 1.94. The second-order valence-electron chi connectivity index (χ2n) is 6.30. The fraction of sp³-hybridized carbons (Fsp3) is 0.579. The Labute approximate surface area is 145 Å². The fourth-order valence-corrected chi connectivity index (χ4v) is 3.10. The van der Waals surface area contributed by atoms with E-state index < -0.39 is 0 Å². The predicted octanol–water partition coefficient (Wildman–Crippen LogP) is 3.12. The summed E-state index contributed by atoms with van der Waals surface area (Å²) >= 11 is 0. The first kappa shape index (κ1) is 18.3. The van der Waals surface area contributed by atoms with Crippen LogP contribution in [-0.4, -0.2) is 42.9 Å². The minimum Gasteiger partial charge on any atom is -0.372 e. The van der Waals surface area contributed by atoms with Gasteiger partial charge in [-0.2, -0.15) is 0 Å². The van der Waals surface area contributed by atoms with Crippen molar-refractivity contribution in [3.05, 3.63) is 24.3 Å². The summed E-state index contributed by atoms with van der Waals surface area (Å²) in [6.45, 7) is 9.58. The lowest BCUT2D eigenvalue weighted by Gasteiger charge is -2.21. The van der Waals surface area contributed by atoms with Crippen LogP contribution in [0.5, 0.6) is 0 Å². The van der Waals surface area contributed by atoms with Crippen LogP contribution in [0.1, 0.15) is 40.0 Å². The van der Waals surface area contributed by atoms with E-state index in [2.05, 4.69) is 31.0 Å². The molecule has 1 heterocycles. The van der Waals surface area contributed by atoms with Crippen LogP contribution in [-0.2, 0) is 9.59 Å². The Balaban J connectivity index is 1.91. The van der Waals surface area contributed by atoms with Gasteiger partial charge in [-0.05, 0) is 44.5 Å². The highest BCUT2D eigenvalue weighted by atomic mass is 16.2. The zero-order chi connectivity index (χ0) is 17.5. The predicted molar refractivity (Wildman–Crippen MR) is 98.2 cm³/mol. The lowest BCUT2D eigenvalue weighted by Crippen LogP contribution is -2.29. The third-order valence-electron chi connectivity index (χ3n) is 4.63. The first-order chi connectivity index (χ1) is 11.6. The first-order valence-corrected chi connectivity index (χ1v) is 9.02. The van der Waals surface area contributed by atoms with Crippen molar-refractivity contribution in [1.29, 1.82) is 0 Å². The van der Waals surface area contributed by atoms with E-state index in [0.29, 0.717) is 13.0 Å². The number of nitrogens with zero attached hydrogens (tertiary/aromatic N) is 2. The topological polar surface area (TPSA) is 52.7 Å². The minimum absolute atomic E-state index is 0.0575. The standard InChI is InChI=1S/C19H29N3O2/c1-4-7-12-22-14-15(13-18(22)23)19(24)20-16-8-10-17(11-9-16)21(5-2)6-3/h8-11,15H,4-7,12-14H2,1-3H3,(H,20,24). The quantitative estimate of drug-likeness (QED) is 0.796. The van der Waals surface area contributed by atoms with E-state index >= 15 is 0 Å². The SMILES string of the molecule is CCCCN1CC(C(=O)Nc2ccc(N(CC)CC)cc2)CC1=O. The molecular formula is C19H29N3O2. The van der Waals surface area contributed by atoms with Crippen molar-refractivity contribution in [2.45, 2.75) is 40.0 Å². The van der Waals surface area contributed by atoms with Crippen molar-refractivity contribution >= 4 is 23.2 Å². The number of likely N-dealkylation sites (tertiary alicyclic amines) is 1. The fourth-order valence-electron chi connectivity index (χ4n) is 3.10. The van der Waals surface area contributed by atoms with Gasteiger partial charge in [-0.3, -0.25) is 9.59 Å². The highest BCUT2D eigenvalue weighted by Crippen LogP contribution is 2.22. The molecule has 0 saturated carbocycles. The Morgan fingerprint density at radius 2 is 1.88 bits per heavy atom. The summed E-state index contributed by atoms with van der Waals surface area (Å²) in [6.07, 6.45) is 2.37. The van der Waals surface area contributed by atoms with E-state index in [0.717, 1.165) is 43.9 Å². The van der Waals surface area contributed by atoms with Gasteiger partial charge in [0, 0.05) is 44.0 Å². The molecule has 24 heavy (non-hydrogen) atoms. The van der Waals surface area contributed by atoms with Crippen LogP contribution < -0.4 is 10.2 Å². The maximum atomic E-state index is 12.4. The zero-order valence-electron chi connectivity index (χ0n) is 15.0. The molecule has 0 radical (unpaired) electrons. The van der Waals surface area contributed by atoms with Crippen LogP contribution in [0.15, 0.2) is 24.3 Å². The van der Waals surface area contributed by atoms with Crippen molar-refractivity contribution in [2.75, 3.05) is 36.4 Å². The van der Waals surface area contributed by atoms with Crippen LogP contribution >= 0.6 is 0 Å². The van der Waals surface area contributed by atoms with E-state index in [9.17, 15) is 9.59 Å². The second kappa shape index (κ2) is 8.71. The molecule has 132 valence electrons. The molecule has 1 unspecified atom stereocenters. The van der Waals surface area contributed by atoms with Gasteiger partial charge in [-0.15, -0.1) is 0 Å². The van der Waals surface area contributed by atoms with Crippen LogP contribution in [0.4, 0.5) is 11.4 Å². The molecule has 2 rings (SSSR count). The number of rotatable bonds is 8. The van der Waals surface area contributed by atoms with Gasteiger partial charge in [-0.1, -0.05) is 13.3 Å². The highest BCUT2D eigenvalue weighted by molar-refractivity contribution is 5.97. The third-order valence-corrected chi connectivity index (χ3v) is 4.63. The number of carbonyl (C=O) groups is 2. The van der Waals surface area contributed by atoms with Crippen LogP contribution in [0.3, 0.4) is 0 Å². The number of amides is 2. The van der Waals surface area contributed by atoms with Gasteiger partial charge in [0.05, 0.1) is 5.92 Å². The molecule has 1 aliphatic heterocycles. The number of unbranched alkanes of at least 4 members (excludes halogenated alkanes) is 1. The van der Waals surface area contributed by atoms with Gasteiger partial charge in [0.25, 0.3) is 0 Å². The number of anilines is 2. The number of benzene rings is 1. The summed E-state index contributed by atoms with van der Waals surface area (Å²) in [5, 5.41) is 2.95. The number of hydrogen-bond donors (Lipinski definition) is 1. The minimum atomic E-state index is -0.239. The van der Waals surface area contributed by atoms with Crippen LogP contribution in [0.2, 0.25) is 0 Å². The number of hydrogen-bond acceptors (Lipinski definition) is 3. The van der Waals surface area contributed by atoms with Crippen molar-refractivity contribution < 1.29 is 9.59 Å². The molecule has 2 amide bonds. The first-order valence-electron chi connectivity index (χ1n) is 9.02. The molecule has 5 heteroatoms. The van der Waals surface area contributed by atoms with Gasteiger partial charge in [0.2, 0.25) is 11.8 Å². The summed E-state index contributed by atoms with van der Waals surface area (Å²) in [5.74, 6) is -0.199. The summed E-state index contributed by atoms with van der Waals surface area (Å²) < 4.78 is 0. The zero-order valence-corrected chi connectivity index (χ0v) is 15.0. The van der Waals surface area contributed by atoms with Crippen molar-refractivity contribution in [2.24, 2.45) is 5.92 Å². The molecule has 1 aromatic carbocycles. The molecule has 1 atom stereocenters. The van der Waals surface area contributed by atoms with E-state index in [1.54, 1.807) is 0 Å². The van der Waals surface area contributed by atoms with E-state index in [-0.39, 0.29) is 17.7 Å². The second-order valence-corrected chi connectivity index (χ2v) is 6.30. The molecule has 0 spiro atoms. The Bertz CT molecular complexity index is 552. The molecule has 0 aromatic heterocycles. The lowest BCUT2D eigenvalue weighted by molar-refractivity contribution is -0.128. The molecule has 5 nitrogen and oxygen atoms in total. The van der Waals surface area contributed by atoms with Gasteiger partial charge in [0.1, 0.15) is 0 Å². The van der Waals surface area contributed by atoms with E-state index in [1.165, 1.54) is 0 Å². The van der Waals surface area contributed by atoms with Gasteiger partial charge in [0.15, 0.2) is 0 Å². The van der Waals surface area contributed by atoms with Gasteiger partial charge in [-0.25, -0.2) is 0 Å². The Hall–Kier alpha value is -2.04. The Kier molecular flexibility index (Phi) is 6.64. The van der Waals surface area contributed by atoms with Gasteiger partial charge < -0.3 is 15.1 Å². The molecular weight excluding hydrogens is 302 g/mol. The van der Waals surface area contributed by atoms with Crippen LogP contribution in [0.25, 0.3) is 0 Å². The molecule has 0 aliphatic carbocycles. The summed E-state index contributed by atoms with van der Waals surface area (Å²) in [7, 11) is 0. The largest absolute Gasteiger partial charge is 0.372 e. The van der Waals surface area contributed by atoms with E-state index in [4.69, 9.17) is 0 Å². The monoisotopic (exact) mass is 331 g/mol. The molecule has 1 saturated heterocycles. The molecule has 1 aromatic rings. The Morgan fingerprint density at radius 1 is 1.21 bits per heavy atom. The lowest BCUT2D eigenvalue weighted by atomic mass is 10.1. The Morgan fingerprint density at radius 3 is 2.46 bits per heavy atom. The average Bonchev–Trinajstić information content (AvgIpc) is 2.96. The average molecular weight is 331 g/mol. The normalized spacial score (nSPS) is 17.2. The maximum absolute atomic E-state index is 12.4. The van der Waals surface area contributed by atoms with Crippen LogP contribution in [0, 0.1) is 5.92 Å². The van der Waals surface area contributed by atoms with Crippen molar-refractivity contribution in [3.63, 3.8) is 0 Å². The van der Waals surface area contributed by atoms with E-state index in [1.807, 2.05) is 29.2 Å². The third kappa shape index (κ3) is 4.49. The summed E-state index contributed by atoms with van der Waals surface area (Å²) in [4.78, 5) is 28.5. The molecule has 1 fully saturated rings. The summed E-state index contributed by atoms with van der Waals surface area (Å²) in [6, 6.07) is 7.90. The van der Waals surface area contributed by atoms with Crippen molar-refractivity contribution in [1.82, 2.24) is 4.90 Å². The molecule has 1 N–H and O–H groups in total. The van der Waals surface area contributed by atoms with Crippen molar-refractivity contribution in [3.8, 4) is 0 Å². The van der Waals surface area contributed by atoms with Gasteiger partial charge >= 0.3 is 0 Å². The number of nitrogens with one attached hydrogen (secondary N) is 1. The highest BCUT2D eigenvalue weighted by Gasteiger charge is 2.33. The molecule has 0 bridgehead atoms. The molecule has 1 aliphatic rings. The maximum Gasteiger partial charge on any atom is 0.229 e. The smallest absolute Gasteiger partial charge is 0.229 e.